The zero-order valence-electron chi connectivity index (χ0n) is 12.0. The van der Waals surface area contributed by atoms with E-state index < -0.39 is 0 Å². The van der Waals surface area contributed by atoms with Crippen LogP contribution in [0.1, 0.15) is 49.1 Å². The second-order valence-corrected chi connectivity index (χ2v) is 5.78. The number of hydrogen-bond acceptors (Lipinski definition) is 0. The molecule has 1 radical (unpaired) electrons. The van der Waals surface area contributed by atoms with Crippen LogP contribution in [0.2, 0.25) is 0 Å². The Hall–Kier alpha value is -1.63. The van der Waals surface area contributed by atoms with Gasteiger partial charge in [0.05, 0.1) is 0 Å². The molecule has 0 aliphatic heterocycles. The summed E-state index contributed by atoms with van der Waals surface area (Å²) in [5.41, 5.74) is 4.04. The molecule has 20 heavy (non-hydrogen) atoms. The fraction of sp³-hybridized carbons (Fsp3) is 0.368. The van der Waals surface area contributed by atoms with Gasteiger partial charge in [-0.1, -0.05) is 49.6 Å². The minimum atomic E-state index is -0.157. The molecule has 2 aromatic carbocycles. The second-order valence-electron chi connectivity index (χ2n) is 5.78. The van der Waals surface area contributed by atoms with Gasteiger partial charge in [0.15, 0.2) is 0 Å². The third-order valence-corrected chi connectivity index (χ3v) is 4.47. The molecule has 1 aliphatic carbocycles. The summed E-state index contributed by atoms with van der Waals surface area (Å²) in [5, 5.41) is 0. The molecule has 0 amide bonds. The molecule has 0 N–H and O–H groups in total. The summed E-state index contributed by atoms with van der Waals surface area (Å²) < 4.78 is 13.6. The van der Waals surface area contributed by atoms with Crippen molar-refractivity contribution in [2.45, 2.75) is 44.9 Å². The van der Waals surface area contributed by atoms with E-state index in [1.54, 1.807) is 6.07 Å². The van der Waals surface area contributed by atoms with Gasteiger partial charge in [-0.05, 0) is 60.1 Å². The molecule has 0 spiro atoms. The van der Waals surface area contributed by atoms with E-state index in [0.717, 1.165) is 17.0 Å². The van der Waals surface area contributed by atoms with Gasteiger partial charge < -0.3 is 0 Å². The molecule has 0 aromatic heterocycles. The Labute approximate surface area is 120 Å². The first-order valence-corrected chi connectivity index (χ1v) is 7.53. The van der Waals surface area contributed by atoms with E-state index >= 15 is 0 Å². The number of halogens is 1. The highest BCUT2D eigenvalue weighted by molar-refractivity contribution is 5.67. The smallest absolute Gasteiger partial charge is 0.126 e. The minimum Gasteiger partial charge on any atom is -0.207 e. The van der Waals surface area contributed by atoms with E-state index in [2.05, 4.69) is 30.3 Å². The summed E-state index contributed by atoms with van der Waals surface area (Å²) in [6, 6.07) is 14.9. The highest BCUT2D eigenvalue weighted by Crippen LogP contribution is 2.34. The van der Waals surface area contributed by atoms with E-state index in [0.29, 0.717) is 5.56 Å². The van der Waals surface area contributed by atoms with Gasteiger partial charge >= 0.3 is 0 Å². The van der Waals surface area contributed by atoms with Gasteiger partial charge in [-0.2, -0.15) is 0 Å². The zero-order valence-corrected chi connectivity index (χ0v) is 12.0. The Bertz CT molecular complexity index is 577. The van der Waals surface area contributed by atoms with Crippen molar-refractivity contribution >= 4 is 0 Å². The molecule has 0 atom stereocenters. The van der Waals surface area contributed by atoms with Crippen molar-refractivity contribution in [3.63, 3.8) is 0 Å². The molecule has 1 heteroatoms. The SMILES string of the molecule is Cc1c(-c2ccc(C3CCCCC3)cc2)[c]ccc1F. The molecule has 0 bridgehead atoms. The quantitative estimate of drug-likeness (QED) is 0.659. The molecular formula is C19H20F. The van der Waals surface area contributed by atoms with Gasteiger partial charge in [0.2, 0.25) is 0 Å². The van der Waals surface area contributed by atoms with Gasteiger partial charge in [0.1, 0.15) is 5.82 Å². The van der Waals surface area contributed by atoms with Crippen molar-refractivity contribution in [2.24, 2.45) is 0 Å². The Morgan fingerprint density at radius 3 is 2.40 bits per heavy atom. The molecule has 103 valence electrons. The van der Waals surface area contributed by atoms with Crippen LogP contribution in [0, 0.1) is 18.8 Å². The minimum absolute atomic E-state index is 0.157. The van der Waals surface area contributed by atoms with Crippen LogP contribution in [-0.2, 0) is 0 Å². The third-order valence-electron chi connectivity index (χ3n) is 4.47. The fourth-order valence-electron chi connectivity index (χ4n) is 3.21. The molecule has 0 unspecified atom stereocenters. The van der Waals surface area contributed by atoms with Crippen LogP contribution in [0.15, 0.2) is 36.4 Å². The predicted octanol–water partition coefficient (Wildman–Crippen LogP) is 5.65. The fourth-order valence-corrected chi connectivity index (χ4v) is 3.21. The Morgan fingerprint density at radius 2 is 1.70 bits per heavy atom. The summed E-state index contributed by atoms with van der Waals surface area (Å²) in [5.74, 6) is 0.561. The number of benzene rings is 2. The molecule has 1 aliphatic rings. The van der Waals surface area contributed by atoms with E-state index in [4.69, 9.17) is 0 Å². The number of hydrogen-bond donors (Lipinski definition) is 0. The summed E-state index contributed by atoms with van der Waals surface area (Å²) in [7, 11) is 0. The van der Waals surface area contributed by atoms with E-state index in [9.17, 15) is 4.39 Å². The Kier molecular flexibility index (Phi) is 3.86. The standard InChI is InChI=1S/C19H20F/c1-14-18(8-5-9-19(14)20)17-12-10-16(11-13-17)15-6-3-2-4-7-15/h5,9-13,15H,2-4,6-7H2,1H3. The Balaban J connectivity index is 1.87. The van der Waals surface area contributed by atoms with Crippen molar-refractivity contribution in [1.82, 2.24) is 0 Å². The van der Waals surface area contributed by atoms with E-state index in [1.807, 2.05) is 6.92 Å². The predicted molar refractivity (Wildman–Crippen MR) is 81.2 cm³/mol. The summed E-state index contributed by atoms with van der Waals surface area (Å²) in [6.07, 6.45) is 6.70. The molecule has 0 heterocycles. The van der Waals surface area contributed by atoms with Gasteiger partial charge in [-0.15, -0.1) is 0 Å². The second kappa shape index (κ2) is 5.78. The first kappa shape index (κ1) is 13.4. The lowest BCUT2D eigenvalue weighted by Gasteiger charge is -2.22. The average molecular weight is 267 g/mol. The van der Waals surface area contributed by atoms with Gasteiger partial charge in [0, 0.05) is 0 Å². The first-order chi connectivity index (χ1) is 9.75. The highest BCUT2D eigenvalue weighted by atomic mass is 19.1. The van der Waals surface area contributed by atoms with Gasteiger partial charge in [-0.25, -0.2) is 4.39 Å². The van der Waals surface area contributed by atoms with Crippen molar-refractivity contribution in [2.75, 3.05) is 0 Å². The maximum atomic E-state index is 13.6. The lowest BCUT2D eigenvalue weighted by Crippen LogP contribution is -2.04. The normalized spacial score (nSPS) is 16.3. The van der Waals surface area contributed by atoms with Crippen molar-refractivity contribution in [3.05, 3.63) is 59.4 Å². The number of rotatable bonds is 2. The zero-order chi connectivity index (χ0) is 13.9. The lowest BCUT2D eigenvalue weighted by atomic mass is 9.83. The van der Waals surface area contributed by atoms with Crippen LogP contribution < -0.4 is 0 Å². The molecule has 0 saturated heterocycles. The molecular weight excluding hydrogens is 247 g/mol. The van der Waals surface area contributed by atoms with Gasteiger partial charge in [-0.3, -0.25) is 0 Å². The monoisotopic (exact) mass is 267 g/mol. The van der Waals surface area contributed by atoms with Crippen molar-refractivity contribution in [3.8, 4) is 11.1 Å². The molecule has 3 rings (SSSR count). The van der Waals surface area contributed by atoms with Crippen LogP contribution in [0.5, 0.6) is 0 Å². The largest absolute Gasteiger partial charge is 0.207 e. The summed E-state index contributed by atoms with van der Waals surface area (Å²) in [4.78, 5) is 0. The highest BCUT2D eigenvalue weighted by Gasteiger charge is 2.15. The Morgan fingerprint density at radius 1 is 1.00 bits per heavy atom. The maximum absolute atomic E-state index is 13.6. The van der Waals surface area contributed by atoms with Crippen LogP contribution in [0.4, 0.5) is 4.39 Å². The summed E-state index contributed by atoms with van der Waals surface area (Å²) >= 11 is 0. The lowest BCUT2D eigenvalue weighted by molar-refractivity contribution is 0.443. The molecule has 2 aromatic rings. The maximum Gasteiger partial charge on any atom is 0.126 e. The van der Waals surface area contributed by atoms with Crippen molar-refractivity contribution in [1.29, 1.82) is 0 Å². The van der Waals surface area contributed by atoms with E-state index in [-0.39, 0.29) is 5.82 Å². The summed E-state index contributed by atoms with van der Waals surface area (Å²) in [6.45, 7) is 1.82. The topological polar surface area (TPSA) is 0 Å². The van der Waals surface area contributed by atoms with Gasteiger partial charge in [0.25, 0.3) is 0 Å². The molecule has 1 fully saturated rings. The van der Waals surface area contributed by atoms with Crippen LogP contribution in [0.25, 0.3) is 11.1 Å². The van der Waals surface area contributed by atoms with Crippen molar-refractivity contribution < 1.29 is 4.39 Å². The molecule has 0 nitrogen and oxygen atoms in total. The first-order valence-electron chi connectivity index (χ1n) is 7.53. The van der Waals surface area contributed by atoms with Crippen LogP contribution in [-0.4, -0.2) is 0 Å². The van der Waals surface area contributed by atoms with Crippen LogP contribution >= 0.6 is 0 Å². The average Bonchev–Trinajstić information content (AvgIpc) is 2.51. The third kappa shape index (κ3) is 2.63. The molecule has 1 saturated carbocycles. The van der Waals surface area contributed by atoms with E-state index in [1.165, 1.54) is 43.7 Å². The van der Waals surface area contributed by atoms with Crippen LogP contribution in [0.3, 0.4) is 0 Å².